The molecular formula is C13H11BrN4O2S. The van der Waals surface area contributed by atoms with Gasteiger partial charge in [-0.15, -0.1) is 11.3 Å². The number of nitro groups is 1. The Morgan fingerprint density at radius 3 is 3.10 bits per heavy atom. The molecule has 3 rings (SSSR count). The summed E-state index contributed by atoms with van der Waals surface area (Å²) in [7, 11) is 0. The molecule has 0 radical (unpaired) electrons. The number of imidazole rings is 1. The molecule has 0 aliphatic heterocycles. The van der Waals surface area contributed by atoms with E-state index >= 15 is 0 Å². The van der Waals surface area contributed by atoms with E-state index in [4.69, 9.17) is 0 Å². The maximum absolute atomic E-state index is 11.1. The first-order valence-electron chi connectivity index (χ1n) is 6.15. The van der Waals surface area contributed by atoms with Crippen molar-refractivity contribution >= 4 is 43.6 Å². The van der Waals surface area contributed by atoms with Crippen LogP contribution in [0.15, 0.2) is 34.2 Å². The van der Waals surface area contributed by atoms with Crippen LogP contribution in [-0.2, 0) is 6.54 Å². The largest absolute Gasteiger partial charge is 0.374 e. The van der Waals surface area contributed by atoms with Gasteiger partial charge in [0.15, 0.2) is 4.96 Å². The SMILES string of the molecule is Cc1nc2sccn2c1CNc1ccc(Br)cc1[N+](=O)[O-]. The zero-order valence-electron chi connectivity index (χ0n) is 11.0. The van der Waals surface area contributed by atoms with Crippen LogP contribution < -0.4 is 5.32 Å². The number of fused-ring (bicyclic) bond motifs is 1. The number of aryl methyl sites for hydroxylation is 1. The fourth-order valence-electron chi connectivity index (χ4n) is 2.14. The van der Waals surface area contributed by atoms with Gasteiger partial charge in [0, 0.05) is 22.1 Å². The van der Waals surface area contributed by atoms with Crippen molar-refractivity contribution in [2.75, 3.05) is 5.32 Å². The van der Waals surface area contributed by atoms with Crippen LogP contribution in [0, 0.1) is 17.0 Å². The standard InChI is InChI=1S/C13H11BrN4O2S/c1-8-12(17-4-5-21-13(17)16-8)7-15-10-3-2-9(14)6-11(10)18(19)20/h2-6,15H,7H2,1H3. The lowest BCUT2D eigenvalue weighted by Gasteiger charge is -2.07. The first kappa shape index (κ1) is 14.0. The molecule has 1 N–H and O–H groups in total. The van der Waals surface area contributed by atoms with Crippen molar-refractivity contribution in [1.29, 1.82) is 0 Å². The minimum Gasteiger partial charge on any atom is -0.374 e. The summed E-state index contributed by atoms with van der Waals surface area (Å²) in [6, 6.07) is 4.97. The van der Waals surface area contributed by atoms with Gasteiger partial charge in [-0.2, -0.15) is 0 Å². The molecule has 3 aromatic rings. The Hall–Kier alpha value is -1.93. The number of thiazole rings is 1. The summed E-state index contributed by atoms with van der Waals surface area (Å²) >= 11 is 4.81. The average Bonchev–Trinajstić information content (AvgIpc) is 2.98. The zero-order valence-corrected chi connectivity index (χ0v) is 13.4. The van der Waals surface area contributed by atoms with Crippen LogP contribution in [0.1, 0.15) is 11.4 Å². The minimum absolute atomic E-state index is 0.0492. The van der Waals surface area contributed by atoms with Crippen molar-refractivity contribution in [3.8, 4) is 0 Å². The molecule has 0 bridgehead atoms. The zero-order chi connectivity index (χ0) is 15.0. The summed E-state index contributed by atoms with van der Waals surface area (Å²) in [5.41, 5.74) is 2.47. The minimum atomic E-state index is -0.392. The Morgan fingerprint density at radius 1 is 1.52 bits per heavy atom. The van der Waals surface area contributed by atoms with Gasteiger partial charge in [-0.1, -0.05) is 15.9 Å². The molecule has 0 aliphatic rings. The van der Waals surface area contributed by atoms with Gasteiger partial charge in [-0.05, 0) is 19.1 Å². The highest BCUT2D eigenvalue weighted by molar-refractivity contribution is 9.10. The second-order valence-corrected chi connectivity index (χ2v) is 6.26. The smallest absolute Gasteiger partial charge is 0.293 e. The fourth-order valence-corrected chi connectivity index (χ4v) is 3.27. The molecule has 0 spiro atoms. The third-order valence-corrected chi connectivity index (χ3v) is 4.41. The van der Waals surface area contributed by atoms with Gasteiger partial charge in [0.25, 0.3) is 5.69 Å². The lowest BCUT2D eigenvalue weighted by Crippen LogP contribution is -2.05. The fraction of sp³-hybridized carbons (Fsp3) is 0.154. The molecule has 0 amide bonds. The summed E-state index contributed by atoms with van der Waals surface area (Å²) in [4.78, 5) is 16.1. The topological polar surface area (TPSA) is 72.5 Å². The van der Waals surface area contributed by atoms with E-state index in [2.05, 4.69) is 26.2 Å². The summed E-state index contributed by atoms with van der Waals surface area (Å²) in [6.07, 6.45) is 1.95. The predicted molar refractivity (Wildman–Crippen MR) is 85.9 cm³/mol. The first-order valence-corrected chi connectivity index (χ1v) is 7.82. The molecule has 2 heterocycles. The number of nitrogens with one attached hydrogen (secondary N) is 1. The van der Waals surface area contributed by atoms with E-state index in [0.717, 1.165) is 16.3 Å². The van der Waals surface area contributed by atoms with Gasteiger partial charge < -0.3 is 5.32 Å². The molecule has 0 saturated carbocycles. The molecule has 21 heavy (non-hydrogen) atoms. The van der Waals surface area contributed by atoms with Gasteiger partial charge in [0.1, 0.15) is 5.69 Å². The van der Waals surface area contributed by atoms with E-state index in [-0.39, 0.29) is 5.69 Å². The second-order valence-electron chi connectivity index (χ2n) is 4.47. The van der Waals surface area contributed by atoms with Crippen LogP contribution in [0.4, 0.5) is 11.4 Å². The first-order chi connectivity index (χ1) is 10.1. The van der Waals surface area contributed by atoms with Gasteiger partial charge in [0.05, 0.1) is 22.9 Å². The van der Waals surface area contributed by atoms with Crippen LogP contribution in [0.5, 0.6) is 0 Å². The van der Waals surface area contributed by atoms with Crippen molar-refractivity contribution in [3.05, 3.63) is 55.8 Å². The normalized spacial score (nSPS) is 11.0. The summed E-state index contributed by atoms with van der Waals surface area (Å²) in [5.74, 6) is 0. The van der Waals surface area contributed by atoms with Crippen molar-refractivity contribution in [1.82, 2.24) is 9.38 Å². The molecule has 8 heteroatoms. The molecule has 0 aliphatic carbocycles. The van der Waals surface area contributed by atoms with Crippen LogP contribution in [0.3, 0.4) is 0 Å². The Labute approximate surface area is 132 Å². The summed E-state index contributed by atoms with van der Waals surface area (Å²) < 4.78 is 2.68. The van der Waals surface area contributed by atoms with E-state index in [1.165, 1.54) is 6.07 Å². The molecule has 0 saturated heterocycles. The number of nitro benzene ring substituents is 1. The van der Waals surface area contributed by atoms with Crippen molar-refractivity contribution in [3.63, 3.8) is 0 Å². The highest BCUT2D eigenvalue weighted by atomic mass is 79.9. The number of benzene rings is 1. The van der Waals surface area contributed by atoms with Crippen LogP contribution in [-0.4, -0.2) is 14.3 Å². The van der Waals surface area contributed by atoms with Crippen LogP contribution in [0.2, 0.25) is 0 Å². The van der Waals surface area contributed by atoms with E-state index < -0.39 is 4.92 Å². The number of rotatable bonds is 4. The van der Waals surface area contributed by atoms with Gasteiger partial charge in [-0.25, -0.2) is 4.98 Å². The van der Waals surface area contributed by atoms with Crippen molar-refractivity contribution in [2.24, 2.45) is 0 Å². The number of nitrogens with zero attached hydrogens (tertiary/aromatic N) is 3. The number of anilines is 1. The van der Waals surface area contributed by atoms with E-state index in [9.17, 15) is 10.1 Å². The lowest BCUT2D eigenvalue weighted by atomic mass is 10.2. The second kappa shape index (κ2) is 5.45. The van der Waals surface area contributed by atoms with E-state index in [0.29, 0.717) is 16.7 Å². The van der Waals surface area contributed by atoms with Crippen molar-refractivity contribution < 1.29 is 4.92 Å². The molecule has 0 unspecified atom stereocenters. The Balaban J connectivity index is 1.90. The Bertz CT molecular complexity index is 827. The maximum atomic E-state index is 11.1. The molecule has 6 nitrogen and oxygen atoms in total. The van der Waals surface area contributed by atoms with E-state index in [1.54, 1.807) is 23.5 Å². The van der Waals surface area contributed by atoms with Gasteiger partial charge in [-0.3, -0.25) is 14.5 Å². The van der Waals surface area contributed by atoms with Gasteiger partial charge >= 0.3 is 0 Å². The number of hydrogen-bond donors (Lipinski definition) is 1. The predicted octanol–water partition coefficient (Wildman–Crippen LogP) is 3.99. The van der Waals surface area contributed by atoms with Crippen LogP contribution in [0.25, 0.3) is 4.96 Å². The van der Waals surface area contributed by atoms with Gasteiger partial charge in [0.2, 0.25) is 0 Å². The quantitative estimate of drug-likeness (QED) is 0.559. The molecule has 1 aromatic carbocycles. The molecule has 0 atom stereocenters. The molecule has 2 aromatic heterocycles. The molecule has 0 fully saturated rings. The molecular weight excluding hydrogens is 356 g/mol. The summed E-state index contributed by atoms with van der Waals surface area (Å²) in [5, 5.41) is 16.2. The number of hydrogen-bond acceptors (Lipinski definition) is 5. The number of halogens is 1. The highest BCUT2D eigenvalue weighted by Crippen LogP contribution is 2.28. The van der Waals surface area contributed by atoms with Crippen LogP contribution >= 0.6 is 27.3 Å². The summed E-state index contributed by atoms with van der Waals surface area (Å²) in [6.45, 7) is 2.42. The van der Waals surface area contributed by atoms with E-state index in [1.807, 2.05) is 22.9 Å². The number of aromatic nitrogens is 2. The third kappa shape index (κ3) is 2.64. The maximum Gasteiger partial charge on any atom is 0.293 e. The monoisotopic (exact) mass is 366 g/mol. The third-order valence-electron chi connectivity index (χ3n) is 3.16. The van der Waals surface area contributed by atoms with Crippen molar-refractivity contribution in [2.45, 2.75) is 13.5 Å². The Morgan fingerprint density at radius 2 is 2.33 bits per heavy atom. The highest BCUT2D eigenvalue weighted by Gasteiger charge is 2.15. The lowest BCUT2D eigenvalue weighted by molar-refractivity contribution is -0.384. The Kier molecular flexibility index (Phi) is 3.64. The molecule has 108 valence electrons. The average molecular weight is 367 g/mol.